The molecule has 0 fully saturated rings. The maximum Gasteiger partial charge on any atom is 0.244 e. The highest BCUT2D eigenvalue weighted by molar-refractivity contribution is 7.98. The van der Waals surface area contributed by atoms with Crippen molar-refractivity contribution in [1.29, 1.82) is 0 Å². The highest BCUT2D eigenvalue weighted by Gasteiger charge is 2.20. The number of amides is 2. The van der Waals surface area contributed by atoms with Gasteiger partial charge in [0.2, 0.25) is 11.8 Å². The lowest BCUT2D eigenvalue weighted by atomic mass is 10.2. The number of rotatable bonds is 9. The minimum Gasteiger partial charge on any atom is -0.352 e. The fourth-order valence-electron chi connectivity index (χ4n) is 2.76. The summed E-state index contributed by atoms with van der Waals surface area (Å²) in [7, 11) is 0. The average molecular weight is 474 g/mol. The van der Waals surface area contributed by atoms with Gasteiger partial charge in [0.05, 0.1) is 11.4 Å². The molecule has 0 bridgehead atoms. The summed E-state index contributed by atoms with van der Waals surface area (Å²) >= 11 is 2.70. The van der Waals surface area contributed by atoms with Crippen LogP contribution in [0.15, 0.2) is 60.0 Å². The van der Waals surface area contributed by atoms with Gasteiger partial charge < -0.3 is 5.32 Å². The van der Waals surface area contributed by atoms with E-state index in [1.165, 1.54) is 65.3 Å². The Labute approximate surface area is 193 Å². The lowest BCUT2D eigenvalue weighted by Crippen LogP contribution is -2.23. The molecule has 166 valence electrons. The lowest BCUT2D eigenvalue weighted by Gasteiger charge is -2.18. The summed E-state index contributed by atoms with van der Waals surface area (Å²) < 4.78 is 27.7. The van der Waals surface area contributed by atoms with Crippen LogP contribution in [0.25, 0.3) is 6.08 Å². The first-order chi connectivity index (χ1) is 15.5. The molecule has 0 aliphatic rings. The summed E-state index contributed by atoms with van der Waals surface area (Å²) in [5.41, 5.74) is 1.24. The fourth-order valence-corrected chi connectivity index (χ4v) is 4.45. The molecule has 2 amide bonds. The van der Waals surface area contributed by atoms with Crippen LogP contribution in [0.4, 0.5) is 19.6 Å². The number of halogens is 2. The Kier molecular flexibility index (Phi) is 8.52. The van der Waals surface area contributed by atoms with E-state index in [0.717, 1.165) is 0 Å². The SMILES string of the molecule is CC(=O)N(c1nc(/C=C/C(=O)NCCSCc2ccccc2F)cs1)c1ccccc1F. The Morgan fingerprint density at radius 1 is 1.12 bits per heavy atom. The minimum absolute atomic E-state index is 0.121. The summed E-state index contributed by atoms with van der Waals surface area (Å²) in [6, 6.07) is 12.6. The molecular weight excluding hydrogens is 452 g/mol. The van der Waals surface area contributed by atoms with Gasteiger partial charge in [-0.2, -0.15) is 11.8 Å². The van der Waals surface area contributed by atoms with Gasteiger partial charge in [0.1, 0.15) is 11.6 Å². The second-order valence-electron chi connectivity index (χ2n) is 6.63. The molecule has 1 N–H and O–H groups in total. The number of anilines is 2. The topological polar surface area (TPSA) is 62.3 Å². The summed E-state index contributed by atoms with van der Waals surface area (Å²) in [6.07, 6.45) is 2.88. The molecule has 0 aliphatic carbocycles. The Balaban J connectivity index is 1.50. The Bertz CT molecular complexity index is 1120. The van der Waals surface area contributed by atoms with Crippen LogP contribution in [0.2, 0.25) is 0 Å². The third-order valence-electron chi connectivity index (χ3n) is 4.28. The van der Waals surface area contributed by atoms with Crippen LogP contribution < -0.4 is 10.2 Å². The molecule has 9 heteroatoms. The van der Waals surface area contributed by atoms with E-state index in [4.69, 9.17) is 0 Å². The standard InChI is InChI=1S/C23H21F2N3O2S2/c1-16(29)28(21-9-5-4-8-20(21)25)23-27-18(15-32-23)10-11-22(30)26-12-13-31-14-17-6-2-3-7-19(17)24/h2-11,15H,12-14H2,1H3,(H,26,30)/b11-10+. The highest BCUT2D eigenvalue weighted by Crippen LogP contribution is 2.30. The molecule has 0 unspecified atom stereocenters. The van der Waals surface area contributed by atoms with Gasteiger partial charge in [-0.15, -0.1) is 11.3 Å². The fraction of sp³-hybridized carbons (Fsp3) is 0.174. The highest BCUT2D eigenvalue weighted by atomic mass is 32.2. The molecule has 0 atom stereocenters. The van der Waals surface area contributed by atoms with Gasteiger partial charge in [-0.1, -0.05) is 30.3 Å². The molecule has 2 aromatic carbocycles. The number of thiazole rings is 1. The van der Waals surface area contributed by atoms with Gasteiger partial charge in [0.25, 0.3) is 0 Å². The van der Waals surface area contributed by atoms with E-state index in [9.17, 15) is 18.4 Å². The maximum absolute atomic E-state index is 14.1. The number of hydrogen-bond acceptors (Lipinski definition) is 5. The Morgan fingerprint density at radius 3 is 2.56 bits per heavy atom. The second-order valence-corrected chi connectivity index (χ2v) is 8.57. The molecule has 3 rings (SSSR count). The number of para-hydroxylation sites is 1. The zero-order valence-corrected chi connectivity index (χ0v) is 18.9. The van der Waals surface area contributed by atoms with Crippen LogP contribution in [0.1, 0.15) is 18.2 Å². The molecule has 32 heavy (non-hydrogen) atoms. The minimum atomic E-state index is -0.526. The van der Waals surface area contributed by atoms with Crippen molar-refractivity contribution >= 4 is 51.8 Å². The maximum atomic E-state index is 14.1. The van der Waals surface area contributed by atoms with E-state index in [1.54, 1.807) is 35.7 Å². The smallest absolute Gasteiger partial charge is 0.244 e. The Hall–Kier alpha value is -3.04. The van der Waals surface area contributed by atoms with E-state index in [1.807, 2.05) is 0 Å². The van der Waals surface area contributed by atoms with Crippen molar-refractivity contribution in [3.05, 3.63) is 82.9 Å². The number of carbonyl (C=O) groups is 2. The predicted octanol–water partition coefficient (Wildman–Crippen LogP) is 5.17. The molecule has 3 aromatic rings. The van der Waals surface area contributed by atoms with Crippen LogP contribution in [0, 0.1) is 11.6 Å². The molecule has 0 saturated carbocycles. The molecule has 5 nitrogen and oxygen atoms in total. The van der Waals surface area contributed by atoms with E-state index in [0.29, 0.717) is 34.4 Å². The largest absolute Gasteiger partial charge is 0.352 e. The van der Waals surface area contributed by atoms with Crippen molar-refractivity contribution in [3.63, 3.8) is 0 Å². The van der Waals surface area contributed by atoms with Crippen molar-refractivity contribution in [1.82, 2.24) is 10.3 Å². The molecule has 0 saturated heterocycles. The van der Waals surface area contributed by atoms with Crippen LogP contribution in [-0.2, 0) is 15.3 Å². The first kappa shape index (κ1) is 23.6. The molecule has 0 spiro atoms. The average Bonchev–Trinajstić information content (AvgIpc) is 3.23. The summed E-state index contributed by atoms with van der Waals surface area (Å²) in [6.45, 7) is 1.77. The number of hydrogen-bond donors (Lipinski definition) is 1. The van der Waals surface area contributed by atoms with Crippen molar-refractivity contribution in [2.75, 3.05) is 17.2 Å². The van der Waals surface area contributed by atoms with Crippen LogP contribution in [-0.4, -0.2) is 29.1 Å². The van der Waals surface area contributed by atoms with Crippen molar-refractivity contribution in [2.24, 2.45) is 0 Å². The van der Waals surface area contributed by atoms with Crippen LogP contribution >= 0.6 is 23.1 Å². The zero-order chi connectivity index (χ0) is 22.9. The first-order valence-corrected chi connectivity index (χ1v) is 11.8. The number of thioether (sulfide) groups is 1. The third kappa shape index (κ3) is 6.48. The molecule has 1 aromatic heterocycles. The van der Waals surface area contributed by atoms with Gasteiger partial charge in [0, 0.05) is 36.4 Å². The van der Waals surface area contributed by atoms with E-state index < -0.39 is 5.82 Å². The summed E-state index contributed by atoms with van der Waals surface area (Å²) in [5.74, 6) is -0.232. The number of aromatic nitrogens is 1. The summed E-state index contributed by atoms with van der Waals surface area (Å²) in [5, 5.41) is 4.75. The molecule has 1 heterocycles. The third-order valence-corrected chi connectivity index (χ3v) is 6.13. The second kappa shape index (κ2) is 11.5. The van der Waals surface area contributed by atoms with E-state index in [-0.39, 0.29) is 23.3 Å². The van der Waals surface area contributed by atoms with Gasteiger partial charge in [-0.3, -0.25) is 14.5 Å². The monoisotopic (exact) mass is 473 g/mol. The van der Waals surface area contributed by atoms with Crippen molar-refractivity contribution < 1.29 is 18.4 Å². The molecule has 0 aliphatic heterocycles. The van der Waals surface area contributed by atoms with Gasteiger partial charge in [-0.05, 0) is 29.8 Å². The number of nitrogens with one attached hydrogen (secondary N) is 1. The van der Waals surface area contributed by atoms with Gasteiger partial charge >= 0.3 is 0 Å². The summed E-state index contributed by atoms with van der Waals surface area (Å²) in [4.78, 5) is 29.6. The molecule has 0 radical (unpaired) electrons. The van der Waals surface area contributed by atoms with E-state index >= 15 is 0 Å². The van der Waals surface area contributed by atoms with Crippen molar-refractivity contribution in [3.8, 4) is 0 Å². The van der Waals surface area contributed by atoms with Crippen molar-refractivity contribution in [2.45, 2.75) is 12.7 Å². The van der Waals surface area contributed by atoms with Crippen LogP contribution in [0.3, 0.4) is 0 Å². The van der Waals surface area contributed by atoms with Gasteiger partial charge in [0.15, 0.2) is 5.13 Å². The Morgan fingerprint density at radius 2 is 1.84 bits per heavy atom. The first-order valence-electron chi connectivity index (χ1n) is 9.73. The molecular formula is C23H21F2N3O2S2. The zero-order valence-electron chi connectivity index (χ0n) is 17.3. The number of nitrogens with zero attached hydrogens (tertiary/aromatic N) is 2. The van der Waals surface area contributed by atoms with Crippen LogP contribution in [0.5, 0.6) is 0 Å². The quantitative estimate of drug-likeness (QED) is 0.344. The lowest BCUT2D eigenvalue weighted by molar-refractivity contribution is -0.117. The number of benzene rings is 2. The predicted molar refractivity (Wildman–Crippen MR) is 126 cm³/mol. The number of carbonyl (C=O) groups excluding carboxylic acids is 2. The normalized spacial score (nSPS) is 11.0. The van der Waals surface area contributed by atoms with E-state index in [2.05, 4.69) is 10.3 Å². The van der Waals surface area contributed by atoms with Gasteiger partial charge in [-0.25, -0.2) is 13.8 Å².